The maximum atomic E-state index is 5.95. The fourth-order valence-electron chi connectivity index (χ4n) is 2.62. The van der Waals surface area contributed by atoms with Crippen LogP contribution in [0.3, 0.4) is 0 Å². The summed E-state index contributed by atoms with van der Waals surface area (Å²) in [6.07, 6.45) is 0.924. The number of nitrogens with two attached hydrogens (primary N) is 1. The SMILES string of the molecule is Cc1ccccc1C(CN)CCOc1cccc(N(C)C)c1. The molecule has 0 radical (unpaired) electrons. The average Bonchev–Trinajstić information content (AvgIpc) is 2.53. The lowest BCUT2D eigenvalue weighted by Crippen LogP contribution is -2.16. The highest BCUT2D eigenvalue weighted by Crippen LogP contribution is 2.24. The van der Waals surface area contributed by atoms with E-state index >= 15 is 0 Å². The molecule has 1 unspecified atom stereocenters. The number of hydrogen-bond acceptors (Lipinski definition) is 3. The lowest BCUT2D eigenvalue weighted by Gasteiger charge is -2.18. The third kappa shape index (κ3) is 4.25. The first-order valence-electron chi connectivity index (χ1n) is 7.77. The van der Waals surface area contributed by atoms with Gasteiger partial charge in [0.25, 0.3) is 0 Å². The number of rotatable bonds is 7. The van der Waals surface area contributed by atoms with E-state index < -0.39 is 0 Å². The second-order valence-corrected chi connectivity index (χ2v) is 5.82. The van der Waals surface area contributed by atoms with Crippen molar-refractivity contribution in [3.8, 4) is 5.75 Å². The Morgan fingerprint density at radius 1 is 1.09 bits per heavy atom. The van der Waals surface area contributed by atoms with Crippen LogP contribution in [0, 0.1) is 6.92 Å². The fraction of sp³-hybridized carbons (Fsp3) is 0.368. The van der Waals surface area contributed by atoms with Gasteiger partial charge in [-0.05, 0) is 49.1 Å². The Kier molecular flexibility index (Phi) is 5.84. The number of hydrogen-bond donors (Lipinski definition) is 1. The van der Waals surface area contributed by atoms with Crippen molar-refractivity contribution in [2.45, 2.75) is 19.3 Å². The van der Waals surface area contributed by atoms with E-state index in [2.05, 4.69) is 48.2 Å². The Labute approximate surface area is 133 Å². The number of benzene rings is 2. The Morgan fingerprint density at radius 3 is 2.55 bits per heavy atom. The van der Waals surface area contributed by atoms with Crippen molar-refractivity contribution in [3.05, 3.63) is 59.7 Å². The number of ether oxygens (including phenoxy) is 1. The summed E-state index contributed by atoms with van der Waals surface area (Å²) in [6, 6.07) is 16.6. The second kappa shape index (κ2) is 7.85. The minimum atomic E-state index is 0.346. The molecule has 3 heteroatoms. The molecular formula is C19H26N2O. The lowest BCUT2D eigenvalue weighted by atomic mass is 9.92. The van der Waals surface area contributed by atoms with Crippen LogP contribution in [0.2, 0.25) is 0 Å². The maximum absolute atomic E-state index is 5.95. The summed E-state index contributed by atoms with van der Waals surface area (Å²) in [5, 5.41) is 0. The third-order valence-corrected chi connectivity index (χ3v) is 3.98. The molecule has 2 aromatic carbocycles. The summed E-state index contributed by atoms with van der Waals surface area (Å²) in [5.41, 5.74) is 9.73. The molecular weight excluding hydrogens is 272 g/mol. The van der Waals surface area contributed by atoms with Crippen molar-refractivity contribution in [1.29, 1.82) is 0 Å². The van der Waals surface area contributed by atoms with E-state index in [0.29, 0.717) is 19.1 Å². The van der Waals surface area contributed by atoms with E-state index in [-0.39, 0.29) is 0 Å². The van der Waals surface area contributed by atoms with Gasteiger partial charge in [-0.2, -0.15) is 0 Å². The van der Waals surface area contributed by atoms with E-state index in [1.807, 2.05) is 26.2 Å². The minimum Gasteiger partial charge on any atom is -0.493 e. The van der Waals surface area contributed by atoms with Gasteiger partial charge in [-0.1, -0.05) is 30.3 Å². The van der Waals surface area contributed by atoms with Gasteiger partial charge >= 0.3 is 0 Å². The van der Waals surface area contributed by atoms with Crippen LogP contribution in [-0.4, -0.2) is 27.2 Å². The molecule has 0 fully saturated rings. The highest BCUT2D eigenvalue weighted by atomic mass is 16.5. The highest BCUT2D eigenvalue weighted by Gasteiger charge is 2.12. The first kappa shape index (κ1) is 16.4. The molecule has 0 amide bonds. The van der Waals surface area contributed by atoms with Crippen LogP contribution in [0.4, 0.5) is 5.69 Å². The largest absolute Gasteiger partial charge is 0.493 e. The van der Waals surface area contributed by atoms with Gasteiger partial charge in [0.05, 0.1) is 6.61 Å². The zero-order valence-corrected chi connectivity index (χ0v) is 13.8. The van der Waals surface area contributed by atoms with Crippen LogP contribution in [0.1, 0.15) is 23.5 Å². The molecule has 0 spiro atoms. The van der Waals surface area contributed by atoms with Crippen LogP contribution < -0.4 is 15.4 Å². The van der Waals surface area contributed by atoms with Crippen molar-refractivity contribution in [1.82, 2.24) is 0 Å². The first-order chi connectivity index (χ1) is 10.6. The molecule has 0 aliphatic carbocycles. The lowest BCUT2D eigenvalue weighted by molar-refractivity contribution is 0.298. The van der Waals surface area contributed by atoms with Gasteiger partial charge in [0.1, 0.15) is 5.75 Å². The molecule has 2 rings (SSSR count). The van der Waals surface area contributed by atoms with Gasteiger partial charge in [-0.3, -0.25) is 0 Å². The van der Waals surface area contributed by atoms with Crippen LogP contribution >= 0.6 is 0 Å². The molecule has 22 heavy (non-hydrogen) atoms. The smallest absolute Gasteiger partial charge is 0.121 e. The van der Waals surface area contributed by atoms with Gasteiger partial charge in [-0.15, -0.1) is 0 Å². The first-order valence-corrected chi connectivity index (χ1v) is 7.77. The third-order valence-electron chi connectivity index (χ3n) is 3.98. The highest BCUT2D eigenvalue weighted by molar-refractivity contribution is 5.49. The minimum absolute atomic E-state index is 0.346. The Bertz CT molecular complexity index is 595. The molecule has 0 heterocycles. The van der Waals surface area contributed by atoms with E-state index in [1.54, 1.807) is 0 Å². The van der Waals surface area contributed by atoms with Gasteiger partial charge in [0, 0.05) is 25.8 Å². The summed E-state index contributed by atoms with van der Waals surface area (Å²) in [4.78, 5) is 2.07. The molecule has 0 bridgehead atoms. The zero-order chi connectivity index (χ0) is 15.9. The summed E-state index contributed by atoms with van der Waals surface area (Å²) in [5.74, 6) is 1.25. The zero-order valence-electron chi connectivity index (χ0n) is 13.8. The molecule has 2 aromatic rings. The second-order valence-electron chi connectivity index (χ2n) is 5.82. The van der Waals surface area contributed by atoms with Crippen molar-refractivity contribution in [2.75, 3.05) is 32.1 Å². The van der Waals surface area contributed by atoms with Crippen molar-refractivity contribution >= 4 is 5.69 Å². The summed E-state index contributed by atoms with van der Waals surface area (Å²) in [6.45, 7) is 3.46. The van der Waals surface area contributed by atoms with E-state index in [4.69, 9.17) is 10.5 Å². The van der Waals surface area contributed by atoms with E-state index in [1.165, 1.54) is 11.1 Å². The normalized spacial score (nSPS) is 12.0. The van der Waals surface area contributed by atoms with Gasteiger partial charge < -0.3 is 15.4 Å². The van der Waals surface area contributed by atoms with Gasteiger partial charge in [0.15, 0.2) is 0 Å². The average molecular weight is 298 g/mol. The molecule has 2 N–H and O–H groups in total. The molecule has 0 aliphatic rings. The Morgan fingerprint density at radius 2 is 1.86 bits per heavy atom. The predicted molar refractivity (Wildman–Crippen MR) is 93.9 cm³/mol. The van der Waals surface area contributed by atoms with Crippen molar-refractivity contribution in [2.24, 2.45) is 5.73 Å². The Balaban J connectivity index is 1.95. The summed E-state index contributed by atoms with van der Waals surface area (Å²) < 4.78 is 5.91. The molecule has 3 nitrogen and oxygen atoms in total. The van der Waals surface area contributed by atoms with Crippen molar-refractivity contribution in [3.63, 3.8) is 0 Å². The van der Waals surface area contributed by atoms with E-state index in [9.17, 15) is 0 Å². The standard InChI is InChI=1S/C19H26N2O/c1-15-7-4-5-10-19(15)16(14-20)11-12-22-18-9-6-8-17(13-18)21(2)3/h4-10,13,16H,11-12,14,20H2,1-3H3. The molecule has 1 atom stereocenters. The van der Waals surface area contributed by atoms with Crippen LogP contribution in [-0.2, 0) is 0 Å². The number of nitrogens with zero attached hydrogens (tertiary/aromatic N) is 1. The van der Waals surface area contributed by atoms with Crippen LogP contribution in [0.25, 0.3) is 0 Å². The summed E-state index contributed by atoms with van der Waals surface area (Å²) >= 11 is 0. The Hall–Kier alpha value is -2.00. The number of aryl methyl sites for hydroxylation is 1. The quantitative estimate of drug-likeness (QED) is 0.849. The van der Waals surface area contributed by atoms with Crippen molar-refractivity contribution < 1.29 is 4.74 Å². The molecule has 118 valence electrons. The topological polar surface area (TPSA) is 38.5 Å². The van der Waals surface area contributed by atoms with Crippen LogP contribution in [0.15, 0.2) is 48.5 Å². The molecule has 0 saturated heterocycles. The van der Waals surface area contributed by atoms with Gasteiger partial charge in [0.2, 0.25) is 0 Å². The van der Waals surface area contributed by atoms with Crippen LogP contribution in [0.5, 0.6) is 5.75 Å². The predicted octanol–water partition coefficient (Wildman–Crippen LogP) is 3.57. The van der Waals surface area contributed by atoms with Gasteiger partial charge in [-0.25, -0.2) is 0 Å². The molecule has 0 saturated carbocycles. The molecule has 0 aromatic heterocycles. The maximum Gasteiger partial charge on any atom is 0.121 e. The summed E-state index contributed by atoms with van der Waals surface area (Å²) in [7, 11) is 4.06. The number of anilines is 1. The fourth-order valence-corrected chi connectivity index (χ4v) is 2.62. The van der Waals surface area contributed by atoms with E-state index in [0.717, 1.165) is 17.9 Å². The monoisotopic (exact) mass is 298 g/mol. The molecule has 0 aliphatic heterocycles.